The smallest absolute Gasteiger partial charge is 0.0393 e. The summed E-state index contributed by atoms with van der Waals surface area (Å²) in [7, 11) is 0. The number of nitrogens with zero attached hydrogens (tertiary/aromatic N) is 1. The monoisotopic (exact) mass is 210 g/mol. The zero-order valence-corrected chi connectivity index (χ0v) is 9.90. The van der Waals surface area contributed by atoms with E-state index in [0.29, 0.717) is 0 Å². The number of rotatable bonds is 5. The van der Waals surface area contributed by atoms with Crippen molar-refractivity contribution < 1.29 is 0 Å². The molecule has 2 nitrogen and oxygen atoms in total. The number of thioether (sulfide) groups is 1. The van der Waals surface area contributed by atoms with Crippen LogP contribution < -0.4 is 5.32 Å². The molecule has 78 valence electrons. The van der Waals surface area contributed by atoms with Gasteiger partial charge in [-0.1, -0.05) is 6.92 Å². The molecule has 0 saturated heterocycles. The van der Waals surface area contributed by atoms with Crippen molar-refractivity contribution in [3.05, 3.63) is 24.0 Å². The van der Waals surface area contributed by atoms with Crippen molar-refractivity contribution >= 4 is 17.4 Å². The molecule has 0 aliphatic carbocycles. The molecule has 0 aromatic carbocycles. The summed E-state index contributed by atoms with van der Waals surface area (Å²) in [5.41, 5.74) is 2.23. The summed E-state index contributed by atoms with van der Waals surface area (Å²) in [4.78, 5) is 4.16. The summed E-state index contributed by atoms with van der Waals surface area (Å²) < 4.78 is 0. The minimum absolute atomic E-state index is 0.727. The van der Waals surface area contributed by atoms with Crippen LogP contribution in [0.25, 0.3) is 0 Å². The lowest BCUT2D eigenvalue weighted by Crippen LogP contribution is -2.07. The van der Waals surface area contributed by atoms with E-state index in [4.69, 9.17) is 0 Å². The lowest BCUT2D eigenvalue weighted by atomic mass is 10.3. The number of nitrogens with one attached hydrogen (secondary N) is 1. The number of pyridine rings is 1. The van der Waals surface area contributed by atoms with Gasteiger partial charge in [-0.2, -0.15) is 11.8 Å². The second-order valence-electron chi connectivity index (χ2n) is 3.45. The van der Waals surface area contributed by atoms with E-state index < -0.39 is 0 Å². The second-order valence-corrected chi connectivity index (χ2v) is 4.72. The molecule has 1 unspecified atom stereocenters. The van der Waals surface area contributed by atoms with Crippen molar-refractivity contribution in [3.8, 4) is 0 Å². The largest absolute Gasteiger partial charge is 0.385 e. The third kappa shape index (κ3) is 4.01. The fourth-order valence-electron chi connectivity index (χ4n) is 1.19. The Morgan fingerprint density at radius 1 is 1.57 bits per heavy atom. The van der Waals surface area contributed by atoms with E-state index in [9.17, 15) is 0 Å². The fraction of sp³-hybridized carbons (Fsp3) is 0.545. The Balaban J connectivity index is 2.31. The van der Waals surface area contributed by atoms with Crippen LogP contribution in [0, 0.1) is 6.92 Å². The molecule has 0 aliphatic heterocycles. The summed E-state index contributed by atoms with van der Waals surface area (Å²) in [6.45, 7) is 5.30. The molecular weight excluding hydrogens is 192 g/mol. The molecule has 0 saturated carbocycles. The van der Waals surface area contributed by atoms with Gasteiger partial charge in [0, 0.05) is 29.4 Å². The van der Waals surface area contributed by atoms with Crippen molar-refractivity contribution in [2.75, 3.05) is 18.1 Å². The lowest BCUT2D eigenvalue weighted by molar-refractivity contribution is 0.853. The summed E-state index contributed by atoms with van der Waals surface area (Å²) in [6, 6.07) is 4.08. The number of aryl methyl sites for hydroxylation is 1. The Labute approximate surface area is 90.5 Å². The Hall–Kier alpha value is -0.700. The maximum Gasteiger partial charge on any atom is 0.0393 e. The standard InChI is InChI=1S/C11H18N2S/c1-9-8-11(5-7-12-9)13-6-4-10(2)14-3/h5,7-8,10H,4,6H2,1-3H3,(H,12,13). The highest BCUT2D eigenvalue weighted by molar-refractivity contribution is 7.99. The van der Waals surface area contributed by atoms with Crippen molar-refractivity contribution in [1.29, 1.82) is 0 Å². The van der Waals surface area contributed by atoms with Gasteiger partial charge in [0.1, 0.15) is 0 Å². The molecule has 3 heteroatoms. The zero-order valence-electron chi connectivity index (χ0n) is 9.08. The van der Waals surface area contributed by atoms with E-state index in [1.165, 1.54) is 12.1 Å². The number of aromatic nitrogens is 1. The Kier molecular flexibility index (Phi) is 4.80. The van der Waals surface area contributed by atoms with E-state index in [0.717, 1.165) is 17.5 Å². The van der Waals surface area contributed by atoms with Crippen LogP contribution in [0.3, 0.4) is 0 Å². The van der Waals surface area contributed by atoms with Crippen molar-refractivity contribution in [2.24, 2.45) is 0 Å². The highest BCUT2D eigenvalue weighted by Crippen LogP contribution is 2.11. The SMILES string of the molecule is CSC(C)CCNc1ccnc(C)c1. The molecule has 0 radical (unpaired) electrons. The molecule has 1 atom stereocenters. The average Bonchev–Trinajstić information content (AvgIpc) is 2.17. The third-order valence-corrected chi connectivity index (χ3v) is 3.22. The predicted molar refractivity (Wildman–Crippen MR) is 65.1 cm³/mol. The lowest BCUT2D eigenvalue weighted by Gasteiger charge is -2.10. The first-order valence-electron chi connectivity index (χ1n) is 4.91. The average molecular weight is 210 g/mol. The third-order valence-electron chi connectivity index (χ3n) is 2.18. The van der Waals surface area contributed by atoms with E-state index in [2.05, 4.69) is 29.5 Å². The van der Waals surface area contributed by atoms with Crippen LogP contribution in [-0.4, -0.2) is 23.0 Å². The maximum atomic E-state index is 4.16. The first-order chi connectivity index (χ1) is 6.72. The van der Waals surface area contributed by atoms with Crippen LogP contribution in [-0.2, 0) is 0 Å². The Morgan fingerprint density at radius 2 is 2.36 bits per heavy atom. The molecular formula is C11H18N2S. The van der Waals surface area contributed by atoms with Crippen LogP contribution in [0.5, 0.6) is 0 Å². The normalized spacial score (nSPS) is 12.5. The quantitative estimate of drug-likeness (QED) is 0.809. The molecule has 14 heavy (non-hydrogen) atoms. The highest BCUT2D eigenvalue weighted by Gasteiger charge is 1.98. The fourth-order valence-corrected chi connectivity index (χ4v) is 1.55. The Morgan fingerprint density at radius 3 is 3.00 bits per heavy atom. The van der Waals surface area contributed by atoms with Gasteiger partial charge in [0.25, 0.3) is 0 Å². The van der Waals surface area contributed by atoms with Gasteiger partial charge in [-0.05, 0) is 31.7 Å². The molecule has 1 heterocycles. The number of hydrogen-bond acceptors (Lipinski definition) is 3. The van der Waals surface area contributed by atoms with Gasteiger partial charge in [0.15, 0.2) is 0 Å². The van der Waals surface area contributed by atoms with Gasteiger partial charge in [-0.15, -0.1) is 0 Å². The van der Waals surface area contributed by atoms with Crippen LogP contribution in [0.4, 0.5) is 5.69 Å². The molecule has 1 aromatic rings. The van der Waals surface area contributed by atoms with Gasteiger partial charge >= 0.3 is 0 Å². The minimum atomic E-state index is 0.727. The molecule has 0 amide bonds. The van der Waals surface area contributed by atoms with Gasteiger partial charge in [0.2, 0.25) is 0 Å². The van der Waals surface area contributed by atoms with Gasteiger partial charge < -0.3 is 5.32 Å². The van der Waals surface area contributed by atoms with Crippen molar-refractivity contribution in [3.63, 3.8) is 0 Å². The Bertz CT molecular complexity index is 276. The molecule has 0 spiro atoms. The molecule has 1 aromatic heterocycles. The topological polar surface area (TPSA) is 24.9 Å². The van der Waals surface area contributed by atoms with Gasteiger partial charge in [-0.25, -0.2) is 0 Å². The van der Waals surface area contributed by atoms with Crippen LogP contribution >= 0.6 is 11.8 Å². The first-order valence-corrected chi connectivity index (χ1v) is 6.20. The van der Waals surface area contributed by atoms with Crippen LogP contribution in [0.2, 0.25) is 0 Å². The van der Waals surface area contributed by atoms with Crippen LogP contribution in [0.15, 0.2) is 18.3 Å². The first kappa shape index (κ1) is 11.4. The molecule has 1 rings (SSSR count). The van der Waals surface area contributed by atoms with Crippen molar-refractivity contribution in [1.82, 2.24) is 4.98 Å². The summed E-state index contributed by atoms with van der Waals surface area (Å²) >= 11 is 1.91. The summed E-state index contributed by atoms with van der Waals surface area (Å²) in [5.74, 6) is 0. The van der Waals surface area contributed by atoms with Crippen LogP contribution in [0.1, 0.15) is 19.0 Å². The number of hydrogen-bond donors (Lipinski definition) is 1. The van der Waals surface area contributed by atoms with E-state index in [-0.39, 0.29) is 0 Å². The highest BCUT2D eigenvalue weighted by atomic mass is 32.2. The zero-order chi connectivity index (χ0) is 10.4. The molecule has 1 N–H and O–H groups in total. The number of anilines is 1. The van der Waals surface area contributed by atoms with E-state index in [1.54, 1.807) is 0 Å². The summed E-state index contributed by atoms with van der Waals surface area (Å²) in [6.07, 6.45) is 5.19. The minimum Gasteiger partial charge on any atom is -0.385 e. The second kappa shape index (κ2) is 5.91. The molecule has 0 aliphatic rings. The molecule has 0 bridgehead atoms. The maximum absolute atomic E-state index is 4.16. The molecule has 0 fully saturated rings. The van der Waals surface area contributed by atoms with Gasteiger partial charge in [0.05, 0.1) is 0 Å². The predicted octanol–water partition coefficient (Wildman–Crippen LogP) is 2.94. The summed E-state index contributed by atoms with van der Waals surface area (Å²) in [5, 5.41) is 4.12. The van der Waals surface area contributed by atoms with Crippen molar-refractivity contribution in [2.45, 2.75) is 25.5 Å². The van der Waals surface area contributed by atoms with E-state index in [1.807, 2.05) is 30.9 Å². The van der Waals surface area contributed by atoms with Gasteiger partial charge in [-0.3, -0.25) is 4.98 Å². The van der Waals surface area contributed by atoms with E-state index >= 15 is 0 Å².